The molecule has 0 spiro atoms. The fourth-order valence-electron chi connectivity index (χ4n) is 1.89. The molecule has 1 rings (SSSR count). The van der Waals surface area contributed by atoms with E-state index in [1.807, 2.05) is 43.0 Å². The van der Waals surface area contributed by atoms with Gasteiger partial charge in [0.2, 0.25) is 5.91 Å². The summed E-state index contributed by atoms with van der Waals surface area (Å²) >= 11 is 0. The van der Waals surface area contributed by atoms with Gasteiger partial charge in [-0.25, -0.2) is 0 Å². The first-order valence-corrected chi connectivity index (χ1v) is 5.80. The van der Waals surface area contributed by atoms with Crippen molar-refractivity contribution in [2.75, 3.05) is 31.3 Å². The van der Waals surface area contributed by atoms with Gasteiger partial charge in [-0.1, -0.05) is 6.07 Å². The minimum atomic E-state index is -0.184. The predicted molar refractivity (Wildman–Crippen MR) is 72.0 cm³/mol. The Balaban J connectivity index is 2.95. The molecule has 94 valence electrons. The van der Waals surface area contributed by atoms with E-state index < -0.39 is 0 Å². The molecule has 1 unspecified atom stereocenters. The van der Waals surface area contributed by atoms with Gasteiger partial charge in [0.1, 0.15) is 6.04 Å². The van der Waals surface area contributed by atoms with E-state index in [0.29, 0.717) is 5.69 Å². The minimum absolute atomic E-state index is 0.0919. The van der Waals surface area contributed by atoms with Gasteiger partial charge < -0.3 is 15.5 Å². The van der Waals surface area contributed by atoms with Crippen LogP contribution >= 0.6 is 0 Å². The van der Waals surface area contributed by atoms with Crippen molar-refractivity contribution in [2.45, 2.75) is 19.9 Å². The highest BCUT2D eigenvalue weighted by atomic mass is 16.2. The van der Waals surface area contributed by atoms with Crippen LogP contribution in [0.4, 0.5) is 11.4 Å². The summed E-state index contributed by atoms with van der Waals surface area (Å²) in [5.41, 5.74) is 7.46. The Morgan fingerprint density at radius 1 is 1.41 bits per heavy atom. The van der Waals surface area contributed by atoms with E-state index in [2.05, 4.69) is 0 Å². The summed E-state index contributed by atoms with van der Waals surface area (Å²) < 4.78 is 0. The van der Waals surface area contributed by atoms with E-state index in [1.54, 1.807) is 19.0 Å². The lowest BCUT2D eigenvalue weighted by atomic mass is 10.2. The maximum atomic E-state index is 12.0. The summed E-state index contributed by atoms with van der Waals surface area (Å²) in [6, 6.07) is 7.43. The average molecular weight is 235 g/mol. The van der Waals surface area contributed by atoms with Crippen LogP contribution in [-0.4, -0.2) is 37.5 Å². The second-order valence-electron chi connectivity index (χ2n) is 4.29. The third-order valence-electron chi connectivity index (χ3n) is 2.81. The summed E-state index contributed by atoms with van der Waals surface area (Å²) in [4.78, 5) is 15.6. The number of nitrogens with two attached hydrogens (primary N) is 1. The van der Waals surface area contributed by atoms with Crippen molar-refractivity contribution in [2.24, 2.45) is 0 Å². The zero-order valence-electron chi connectivity index (χ0n) is 11.0. The van der Waals surface area contributed by atoms with Crippen molar-refractivity contribution < 1.29 is 4.79 Å². The van der Waals surface area contributed by atoms with Crippen molar-refractivity contribution in [3.8, 4) is 0 Å². The second-order valence-corrected chi connectivity index (χ2v) is 4.29. The molecule has 1 atom stereocenters. The molecular formula is C13H21N3O. The van der Waals surface area contributed by atoms with Gasteiger partial charge in [0.05, 0.1) is 0 Å². The summed E-state index contributed by atoms with van der Waals surface area (Å²) in [5.74, 6) is 0.0919. The van der Waals surface area contributed by atoms with Crippen LogP contribution in [0.3, 0.4) is 0 Å². The van der Waals surface area contributed by atoms with Gasteiger partial charge in [0.25, 0.3) is 0 Å². The Bertz CT molecular complexity index is 390. The molecule has 0 aliphatic rings. The topological polar surface area (TPSA) is 49.6 Å². The minimum Gasteiger partial charge on any atom is -0.399 e. The number of hydrogen-bond donors (Lipinski definition) is 1. The maximum absolute atomic E-state index is 12.0. The van der Waals surface area contributed by atoms with Crippen LogP contribution in [0.5, 0.6) is 0 Å². The molecular weight excluding hydrogens is 214 g/mol. The lowest BCUT2D eigenvalue weighted by molar-refractivity contribution is -0.129. The molecule has 0 saturated heterocycles. The first kappa shape index (κ1) is 13.4. The van der Waals surface area contributed by atoms with E-state index in [4.69, 9.17) is 5.73 Å². The molecule has 4 heteroatoms. The normalized spacial score (nSPS) is 12.0. The van der Waals surface area contributed by atoms with Gasteiger partial charge in [0.15, 0.2) is 0 Å². The third kappa shape index (κ3) is 3.12. The van der Waals surface area contributed by atoms with Gasteiger partial charge in [-0.15, -0.1) is 0 Å². The van der Waals surface area contributed by atoms with Crippen molar-refractivity contribution >= 4 is 17.3 Å². The fourth-order valence-corrected chi connectivity index (χ4v) is 1.89. The van der Waals surface area contributed by atoms with Crippen LogP contribution in [0.2, 0.25) is 0 Å². The standard InChI is InChI=1S/C13H21N3O/c1-5-16(10(2)13(17)15(3)4)12-8-6-7-11(14)9-12/h6-10H,5,14H2,1-4H3. The summed E-state index contributed by atoms with van der Waals surface area (Å²) in [6.45, 7) is 4.71. The number of nitrogens with zero attached hydrogens (tertiary/aromatic N) is 2. The molecule has 1 aromatic rings. The number of amides is 1. The van der Waals surface area contributed by atoms with Gasteiger partial charge >= 0.3 is 0 Å². The molecule has 0 bridgehead atoms. The number of nitrogen functional groups attached to an aromatic ring is 1. The number of benzene rings is 1. The number of anilines is 2. The van der Waals surface area contributed by atoms with Crippen LogP contribution in [0, 0.1) is 0 Å². The first-order chi connectivity index (χ1) is 7.97. The Morgan fingerprint density at radius 3 is 2.53 bits per heavy atom. The van der Waals surface area contributed by atoms with Crippen LogP contribution in [-0.2, 0) is 4.79 Å². The highest BCUT2D eigenvalue weighted by Gasteiger charge is 2.21. The average Bonchev–Trinajstić information content (AvgIpc) is 2.28. The van der Waals surface area contributed by atoms with Crippen LogP contribution in [0.25, 0.3) is 0 Å². The molecule has 2 N–H and O–H groups in total. The highest BCUT2D eigenvalue weighted by molar-refractivity contribution is 5.84. The lowest BCUT2D eigenvalue weighted by Crippen LogP contribution is -2.44. The summed E-state index contributed by atoms with van der Waals surface area (Å²) in [7, 11) is 3.54. The largest absolute Gasteiger partial charge is 0.399 e. The molecule has 0 radical (unpaired) electrons. The SMILES string of the molecule is CCN(c1cccc(N)c1)C(C)C(=O)N(C)C. The predicted octanol–water partition coefficient (Wildman–Crippen LogP) is 1.57. The van der Waals surface area contributed by atoms with E-state index in [-0.39, 0.29) is 11.9 Å². The second kappa shape index (κ2) is 5.57. The van der Waals surface area contributed by atoms with E-state index in [9.17, 15) is 4.79 Å². The number of hydrogen-bond acceptors (Lipinski definition) is 3. The summed E-state index contributed by atoms with van der Waals surface area (Å²) in [5, 5.41) is 0. The first-order valence-electron chi connectivity index (χ1n) is 5.80. The van der Waals surface area contributed by atoms with Crippen LogP contribution in [0.15, 0.2) is 24.3 Å². The smallest absolute Gasteiger partial charge is 0.244 e. The van der Waals surface area contributed by atoms with E-state index >= 15 is 0 Å². The highest BCUT2D eigenvalue weighted by Crippen LogP contribution is 2.20. The van der Waals surface area contributed by atoms with Gasteiger partial charge in [-0.3, -0.25) is 4.79 Å². The van der Waals surface area contributed by atoms with Crippen molar-refractivity contribution in [1.29, 1.82) is 0 Å². The monoisotopic (exact) mass is 235 g/mol. The number of carbonyl (C=O) groups is 1. The number of likely N-dealkylation sites (N-methyl/N-ethyl adjacent to an activating group) is 2. The molecule has 17 heavy (non-hydrogen) atoms. The Morgan fingerprint density at radius 2 is 2.06 bits per heavy atom. The summed E-state index contributed by atoms with van der Waals surface area (Å²) in [6.07, 6.45) is 0. The van der Waals surface area contributed by atoms with E-state index in [1.165, 1.54) is 0 Å². The molecule has 1 aromatic carbocycles. The molecule has 4 nitrogen and oxygen atoms in total. The third-order valence-corrected chi connectivity index (χ3v) is 2.81. The zero-order valence-corrected chi connectivity index (χ0v) is 11.0. The zero-order chi connectivity index (χ0) is 13.0. The molecule has 1 amide bonds. The Labute approximate surface area is 103 Å². The molecule has 0 aromatic heterocycles. The van der Waals surface area contributed by atoms with Gasteiger partial charge in [-0.05, 0) is 32.0 Å². The van der Waals surface area contributed by atoms with Crippen molar-refractivity contribution in [1.82, 2.24) is 4.90 Å². The van der Waals surface area contributed by atoms with E-state index in [0.717, 1.165) is 12.2 Å². The Kier molecular flexibility index (Phi) is 4.37. The number of rotatable bonds is 4. The van der Waals surface area contributed by atoms with Gasteiger partial charge in [0, 0.05) is 32.0 Å². The molecule has 0 heterocycles. The lowest BCUT2D eigenvalue weighted by Gasteiger charge is -2.31. The quantitative estimate of drug-likeness (QED) is 0.806. The van der Waals surface area contributed by atoms with Crippen LogP contribution < -0.4 is 10.6 Å². The van der Waals surface area contributed by atoms with Crippen molar-refractivity contribution in [3.05, 3.63) is 24.3 Å². The molecule has 0 aliphatic carbocycles. The molecule has 0 saturated carbocycles. The van der Waals surface area contributed by atoms with Gasteiger partial charge in [-0.2, -0.15) is 0 Å². The van der Waals surface area contributed by atoms with Crippen LogP contribution in [0.1, 0.15) is 13.8 Å². The fraction of sp³-hybridized carbons (Fsp3) is 0.462. The molecule has 0 fully saturated rings. The maximum Gasteiger partial charge on any atom is 0.244 e. The Hall–Kier alpha value is -1.71. The van der Waals surface area contributed by atoms with Crippen molar-refractivity contribution in [3.63, 3.8) is 0 Å². The molecule has 0 aliphatic heterocycles. The number of carbonyl (C=O) groups excluding carboxylic acids is 1.